The lowest BCUT2D eigenvalue weighted by Crippen LogP contribution is -2.34. The summed E-state index contributed by atoms with van der Waals surface area (Å²) in [4.78, 5) is 24.5. The summed E-state index contributed by atoms with van der Waals surface area (Å²) >= 11 is 3.50. The Bertz CT molecular complexity index is 1420. The summed E-state index contributed by atoms with van der Waals surface area (Å²) in [6, 6.07) is 17.6. The molecule has 0 radical (unpaired) electrons. The van der Waals surface area contributed by atoms with Crippen molar-refractivity contribution >= 4 is 34.0 Å². The van der Waals surface area contributed by atoms with Crippen LogP contribution in [-0.4, -0.2) is 38.0 Å². The van der Waals surface area contributed by atoms with Gasteiger partial charge in [0.15, 0.2) is 23.0 Å². The number of nitrogens with one attached hydrogen (secondary N) is 2. The standard InChI is InChI=1S/C27H23BrN4O6/c1-2-35-24-10-17(9-21(28)26(24)36-15-20-6-4-3-5-19(20)12-29)13-31-32-25(33)14-30-27(34)18-7-8-22-23(11-18)38-16-37-22/h3-11,13H,2,14-16H2,1H3,(H,30,34)(H,32,33). The van der Waals surface area contributed by atoms with E-state index in [1.807, 2.05) is 19.1 Å². The number of rotatable bonds is 10. The second-order valence-electron chi connectivity index (χ2n) is 7.86. The fourth-order valence-electron chi connectivity index (χ4n) is 3.49. The van der Waals surface area contributed by atoms with E-state index in [0.29, 0.717) is 50.8 Å². The Labute approximate surface area is 227 Å². The van der Waals surface area contributed by atoms with E-state index < -0.39 is 11.8 Å². The molecule has 38 heavy (non-hydrogen) atoms. The summed E-state index contributed by atoms with van der Waals surface area (Å²) in [6.07, 6.45) is 1.44. The highest BCUT2D eigenvalue weighted by Gasteiger charge is 2.17. The minimum absolute atomic E-state index is 0.107. The Kier molecular flexibility index (Phi) is 8.79. The number of hydrogen-bond acceptors (Lipinski definition) is 8. The van der Waals surface area contributed by atoms with Crippen molar-refractivity contribution in [1.29, 1.82) is 5.26 Å². The maximum atomic E-state index is 12.3. The summed E-state index contributed by atoms with van der Waals surface area (Å²) < 4.78 is 22.8. The van der Waals surface area contributed by atoms with Crippen LogP contribution in [-0.2, 0) is 11.4 Å². The first-order valence-electron chi connectivity index (χ1n) is 11.6. The molecular formula is C27H23BrN4O6. The number of amides is 2. The molecule has 2 N–H and O–H groups in total. The number of hydrogen-bond donors (Lipinski definition) is 2. The quantitative estimate of drug-likeness (QED) is 0.275. The molecule has 3 aromatic carbocycles. The monoisotopic (exact) mass is 578 g/mol. The van der Waals surface area contributed by atoms with Gasteiger partial charge in [0.2, 0.25) is 6.79 Å². The number of hydrazone groups is 1. The first kappa shape index (κ1) is 26.5. The second-order valence-corrected chi connectivity index (χ2v) is 8.72. The molecule has 1 heterocycles. The van der Waals surface area contributed by atoms with Gasteiger partial charge in [-0.05, 0) is 64.8 Å². The lowest BCUT2D eigenvalue weighted by atomic mass is 10.1. The molecule has 0 saturated heterocycles. The van der Waals surface area contributed by atoms with Crippen molar-refractivity contribution in [3.63, 3.8) is 0 Å². The van der Waals surface area contributed by atoms with Crippen LogP contribution in [0.3, 0.4) is 0 Å². The zero-order valence-electron chi connectivity index (χ0n) is 20.3. The molecule has 0 unspecified atom stereocenters. The lowest BCUT2D eigenvalue weighted by Gasteiger charge is -2.15. The Balaban J connectivity index is 1.34. The van der Waals surface area contributed by atoms with Crippen molar-refractivity contribution in [1.82, 2.24) is 10.7 Å². The Hall–Kier alpha value is -4.56. The van der Waals surface area contributed by atoms with Crippen molar-refractivity contribution in [3.8, 4) is 29.1 Å². The molecule has 3 aromatic rings. The minimum Gasteiger partial charge on any atom is -0.490 e. The zero-order chi connectivity index (χ0) is 26.9. The van der Waals surface area contributed by atoms with Gasteiger partial charge in [-0.15, -0.1) is 0 Å². The van der Waals surface area contributed by atoms with Crippen LogP contribution in [0.1, 0.15) is 34.0 Å². The maximum Gasteiger partial charge on any atom is 0.259 e. The van der Waals surface area contributed by atoms with E-state index in [2.05, 4.69) is 37.8 Å². The van der Waals surface area contributed by atoms with Crippen LogP contribution >= 0.6 is 15.9 Å². The predicted molar refractivity (Wildman–Crippen MR) is 141 cm³/mol. The van der Waals surface area contributed by atoms with Crippen molar-refractivity contribution in [2.75, 3.05) is 19.9 Å². The first-order chi connectivity index (χ1) is 18.5. The molecule has 0 aliphatic carbocycles. The van der Waals surface area contributed by atoms with Gasteiger partial charge in [0.05, 0.1) is 35.5 Å². The van der Waals surface area contributed by atoms with E-state index >= 15 is 0 Å². The third-order valence-corrected chi connectivity index (χ3v) is 5.88. The van der Waals surface area contributed by atoms with Gasteiger partial charge in [-0.1, -0.05) is 18.2 Å². The van der Waals surface area contributed by atoms with Crippen LogP contribution < -0.4 is 29.7 Å². The van der Waals surface area contributed by atoms with Gasteiger partial charge in [0.25, 0.3) is 11.8 Å². The first-order valence-corrected chi connectivity index (χ1v) is 12.3. The van der Waals surface area contributed by atoms with Gasteiger partial charge < -0.3 is 24.3 Å². The maximum absolute atomic E-state index is 12.3. The number of ether oxygens (including phenoxy) is 4. The van der Waals surface area contributed by atoms with Crippen LogP contribution in [0.25, 0.3) is 0 Å². The SMILES string of the molecule is CCOc1cc(C=NNC(=O)CNC(=O)c2ccc3c(c2)OCO3)cc(Br)c1OCc1ccccc1C#N. The largest absolute Gasteiger partial charge is 0.490 e. The lowest BCUT2D eigenvalue weighted by molar-refractivity contribution is -0.120. The van der Waals surface area contributed by atoms with Gasteiger partial charge in [-0.2, -0.15) is 10.4 Å². The highest BCUT2D eigenvalue weighted by Crippen LogP contribution is 2.37. The molecule has 0 fully saturated rings. The average Bonchev–Trinajstić information content (AvgIpc) is 3.40. The molecule has 2 amide bonds. The number of carbonyl (C=O) groups excluding carboxylic acids is 2. The zero-order valence-corrected chi connectivity index (χ0v) is 21.9. The van der Waals surface area contributed by atoms with E-state index in [1.54, 1.807) is 42.5 Å². The molecular weight excluding hydrogens is 556 g/mol. The average molecular weight is 579 g/mol. The highest BCUT2D eigenvalue weighted by molar-refractivity contribution is 9.10. The molecule has 0 atom stereocenters. The van der Waals surface area contributed by atoms with E-state index in [4.69, 9.17) is 18.9 Å². The van der Waals surface area contributed by atoms with Crippen LogP contribution in [0.4, 0.5) is 0 Å². The number of fused-ring (bicyclic) bond motifs is 1. The number of halogens is 1. The Morgan fingerprint density at radius 3 is 2.76 bits per heavy atom. The summed E-state index contributed by atoms with van der Waals surface area (Å²) in [5, 5.41) is 15.8. The van der Waals surface area contributed by atoms with E-state index in [-0.39, 0.29) is 19.9 Å². The van der Waals surface area contributed by atoms with Crippen LogP contribution in [0.5, 0.6) is 23.0 Å². The smallest absolute Gasteiger partial charge is 0.259 e. The predicted octanol–water partition coefficient (Wildman–Crippen LogP) is 3.91. The molecule has 1 aliphatic rings. The van der Waals surface area contributed by atoms with Gasteiger partial charge in [-0.25, -0.2) is 5.43 Å². The second kappa shape index (κ2) is 12.6. The molecule has 10 nitrogen and oxygen atoms in total. The van der Waals surface area contributed by atoms with E-state index in [0.717, 1.165) is 5.56 Å². The molecule has 11 heteroatoms. The van der Waals surface area contributed by atoms with Crippen molar-refractivity contribution in [3.05, 3.63) is 81.3 Å². The van der Waals surface area contributed by atoms with Crippen molar-refractivity contribution in [2.24, 2.45) is 5.10 Å². The van der Waals surface area contributed by atoms with E-state index in [9.17, 15) is 14.9 Å². The van der Waals surface area contributed by atoms with Gasteiger partial charge in [0, 0.05) is 11.1 Å². The fraction of sp³-hybridized carbons (Fsp3) is 0.185. The number of benzene rings is 3. The topological polar surface area (TPSA) is 131 Å². The van der Waals surface area contributed by atoms with E-state index in [1.165, 1.54) is 6.21 Å². The Morgan fingerprint density at radius 1 is 1.13 bits per heavy atom. The molecule has 1 aliphatic heterocycles. The van der Waals surface area contributed by atoms with Gasteiger partial charge in [0.1, 0.15) is 6.61 Å². The number of carbonyl (C=O) groups is 2. The summed E-state index contributed by atoms with van der Waals surface area (Å²) in [5.74, 6) is 1.06. The minimum atomic E-state index is -0.504. The molecule has 4 rings (SSSR count). The summed E-state index contributed by atoms with van der Waals surface area (Å²) in [5.41, 5.74) is 4.64. The fourth-order valence-corrected chi connectivity index (χ4v) is 4.06. The third-order valence-electron chi connectivity index (χ3n) is 5.29. The molecule has 0 spiro atoms. The van der Waals surface area contributed by atoms with Crippen LogP contribution in [0.15, 0.2) is 64.2 Å². The number of nitriles is 1. The normalized spacial score (nSPS) is 11.6. The number of nitrogens with zero attached hydrogens (tertiary/aromatic N) is 2. The molecule has 0 aromatic heterocycles. The van der Waals surface area contributed by atoms with Gasteiger partial charge in [-0.3, -0.25) is 9.59 Å². The summed E-state index contributed by atoms with van der Waals surface area (Å²) in [6.45, 7) is 2.27. The molecule has 0 saturated carbocycles. The molecule has 194 valence electrons. The summed E-state index contributed by atoms with van der Waals surface area (Å²) in [7, 11) is 0. The van der Waals surface area contributed by atoms with Crippen LogP contribution in [0.2, 0.25) is 0 Å². The van der Waals surface area contributed by atoms with Gasteiger partial charge >= 0.3 is 0 Å². The third kappa shape index (κ3) is 6.60. The molecule has 0 bridgehead atoms. The van der Waals surface area contributed by atoms with Crippen molar-refractivity contribution in [2.45, 2.75) is 13.5 Å². The highest BCUT2D eigenvalue weighted by atomic mass is 79.9. The Morgan fingerprint density at radius 2 is 1.95 bits per heavy atom. The van der Waals surface area contributed by atoms with Crippen molar-refractivity contribution < 1.29 is 28.5 Å². The van der Waals surface area contributed by atoms with Crippen LogP contribution in [0, 0.1) is 11.3 Å².